The Balaban J connectivity index is 1.58. The van der Waals surface area contributed by atoms with Crippen LogP contribution in [0.15, 0.2) is 0 Å². The first-order valence-electron chi connectivity index (χ1n) is 7.81. The highest BCUT2D eigenvalue weighted by molar-refractivity contribution is 5.77. The van der Waals surface area contributed by atoms with Gasteiger partial charge in [-0.25, -0.2) is 0 Å². The highest BCUT2D eigenvalue weighted by Gasteiger charge is 2.42. The van der Waals surface area contributed by atoms with Crippen molar-refractivity contribution in [3.05, 3.63) is 0 Å². The number of likely N-dealkylation sites (tertiary alicyclic amines) is 1. The van der Waals surface area contributed by atoms with Crippen LogP contribution in [0.5, 0.6) is 0 Å². The maximum atomic E-state index is 12.0. The van der Waals surface area contributed by atoms with Gasteiger partial charge in [0.1, 0.15) is 0 Å². The fourth-order valence-electron chi connectivity index (χ4n) is 4.29. The lowest BCUT2D eigenvalue weighted by Crippen LogP contribution is -2.56. The minimum atomic E-state index is 0.378. The van der Waals surface area contributed by atoms with Gasteiger partial charge in [-0.3, -0.25) is 9.69 Å². The molecule has 2 aliphatic heterocycles. The standard InChI is InChI=1S/C15H26N2O/c1-2-15(18)17-13-7-8-14(17)11-16(10-13)9-12-5-3-4-6-12/h12-14H,2-11H2,1H3. The molecule has 1 saturated carbocycles. The molecule has 0 spiro atoms. The lowest BCUT2D eigenvalue weighted by atomic mass is 10.1. The minimum absolute atomic E-state index is 0.378. The molecule has 2 unspecified atom stereocenters. The van der Waals surface area contributed by atoms with Gasteiger partial charge in [-0.05, 0) is 31.6 Å². The number of amides is 1. The van der Waals surface area contributed by atoms with Gasteiger partial charge in [-0.2, -0.15) is 0 Å². The van der Waals surface area contributed by atoms with Crippen LogP contribution in [0.25, 0.3) is 0 Å². The summed E-state index contributed by atoms with van der Waals surface area (Å²) in [4.78, 5) is 16.9. The summed E-state index contributed by atoms with van der Waals surface area (Å²) in [5, 5.41) is 0. The highest BCUT2D eigenvalue weighted by Crippen LogP contribution is 2.33. The molecule has 1 amide bonds. The summed E-state index contributed by atoms with van der Waals surface area (Å²) < 4.78 is 0. The van der Waals surface area contributed by atoms with Crippen molar-refractivity contribution in [3.63, 3.8) is 0 Å². The zero-order chi connectivity index (χ0) is 12.5. The number of fused-ring (bicyclic) bond motifs is 2. The molecule has 3 aliphatic rings. The Morgan fingerprint density at radius 3 is 2.22 bits per heavy atom. The Hall–Kier alpha value is -0.570. The summed E-state index contributed by atoms with van der Waals surface area (Å²) in [7, 11) is 0. The van der Waals surface area contributed by atoms with Crippen LogP contribution in [0, 0.1) is 5.92 Å². The molecule has 18 heavy (non-hydrogen) atoms. The molecule has 0 aromatic heterocycles. The van der Waals surface area contributed by atoms with Gasteiger partial charge in [0.25, 0.3) is 0 Å². The molecule has 2 saturated heterocycles. The molecule has 2 atom stereocenters. The number of rotatable bonds is 3. The molecule has 3 nitrogen and oxygen atoms in total. The van der Waals surface area contributed by atoms with E-state index < -0.39 is 0 Å². The molecule has 0 N–H and O–H groups in total. The van der Waals surface area contributed by atoms with E-state index in [4.69, 9.17) is 0 Å². The number of nitrogens with zero attached hydrogens (tertiary/aromatic N) is 2. The van der Waals surface area contributed by atoms with E-state index in [2.05, 4.69) is 9.80 Å². The largest absolute Gasteiger partial charge is 0.334 e. The molecule has 0 aromatic rings. The normalized spacial score (nSPS) is 33.3. The Bertz CT molecular complexity index is 298. The van der Waals surface area contributed by atoms with Crippen LogP contribution in [0.2, 0.25) is 0 Å². The lowest BCUT2D eigenvalue weighted by molar-refractivity contribution is -0.136. The highest BCUT2D eigenvalue weighted by atomic mass is 16.2. The van der Waals surface area contributed by atoms with Crippen molar-refractivity contribution >= 4 is 5.91 Å². The van der Waals surface area contributed by atoms with E-state index in [1.165, 1.54) is 45.1 Å². The van der Waals surface area contributed by atoms with E-state index in [0.717, 1.165) is 19.0 Å². The van der Waals surface area contributed by atoms with Crippen LogP contribution < -0.4 is 0 Å². The number of carbonyl (C=O) groups excluding carboxylic acids is 1. The van der Waals surface area contributed by atoms with E-state index in [1.54, 1.807) is 0 Å². The molecule has 2 heterocycles. The zero-order valence-electron chi connectivity index (χ0n) is 11.6. The van der Waals surface area contributed by atoms with Crippen LogP contribution in [0.3, 0.4) is 0 Å². The molecular formula is C15H26N2O. The van der Waals surface area contributed by atoms with Gasteiger partial charge in [0, 0.05) is 38.1 Å². The molecule has 3 rings (SSSR count). The summed E-state index contributed by atoms with van der Waals surface area (Å²) >= 11 is 0. The molecule has 3 heteroatoms. The smallest absolute Gasteiger partial charge is 0.222 e. The van der Waals surface area contributed by atoms with Crippen LogP contribution >= 0.6 is 0 Å². The summed E-state index contributed by atoms with van der Waals surface area (Å²) in [5.74, 6) is 1.32. The number of carbonyl (C=O) groups is 1. The predicted molar refractivity (Wildman–Crippen MR) is 72.3 cm³/mol. The second-order valence-corrected chi connectivity index (χ2v) is 6.41. The van der Waals surface area contributed by atoms with E-state index in [9.17, 15) is 4.79 Å². The Morgan fingerprint density at radius 1 is 1.06 bits per heavy atom. The Morgan fingerprint density at radius 2 is 1.67 bits per heavy atom. The second kappa shape index (κ2) is 5.20. The van der Waals surface area contributed by atoms with Gasteiger partial charge >= 0.3 is 0 Å². The van der Waals surface area contributed by atoms with E-state index in [1.807, 2.05) is 6.92 Å². The molecule has 0 radical (unpaired) electrons. The van der Waals surface area contributed by atoms with Gasteiger partial charge in [0.05, 0.1) is 0 Å². The third-order valence-electron chi connectivity index (χ3n) is 5.14. The lowest BCUT2D eigenvalue weighted by Gasteiger charge is -2.42. The average molecular weight is 250 g/mol. The summed E-state index contributed by atoms with van der Waals surface area (Å²) in [6, 6.07) is 1.05. The van der Waals surface area contributed by atoms with Crippen LogP contribution in [0.1, 0.15) is 51.9 Å². The molecule has 2 bridgehead atoms. The summed E-state index contributed by atoms with van der Waals surface area (Å²) in [6.07, 6.45) is 8.88. The van der Waals surface area contributed by atoms with Crippen molar-refractivity contribution in [1.82, 2.24) is 9.80 Å². The number of hydrogen-bond acceptors (Lipinski definition) is 2. The minimum Gasteiger partial charge on any atom is -0.334 e. The number of piperazine rings is 1. The Kier molecular flexibility index (Phi) is 3.60. The molecular weight excluding hydrogens is 224 g/mol. The van der Waals surface area contributed by atoms with Gasteiger partial charge in [0.15, 0.2) is 0 Å². The fraction of sp³-hybridized carbons (Fsp3) is 0.933. The van der Waals surface area contributed by atoms with Crippen LogP contribution in [-0.4, -0.2) is 47.4 Å². The van der Waals surface area contributed by atoms with Crippen molar-refractivity contribution in [3.8, 4) is 0 Å². The summed E-state index contributed by atoms with van der Waals surface area (Å²) in [5.41, 5.74) is 0. The Labute approximate surface area is 111 Å². The van der Waals surface area contributed by atoms with Gasteiger partial charge < -0.3 is 4.90 Å². The topological polar surface area (TPSA) is 23.6 Å². The average Bonchev–Trinajstić information content (AvgIpc) is 2.95. The van der Waals surface area contributed by atoms with Crippen molar-refractivity contribution in [2.45, 2.75) is 64.0 Å². The third kappa shape index (κ3) is 2.29. The number of hydrogen-bond donors (Lipinski definition) is 0. The first kappa shape index (κ1) is 12.5. The molecule has 1 aliphatic carbocycles. The maximum absolute atomic E-state index is 12.0. The third-order valence-corrected chi connectivity index (χ3v) is 5.14. The maximum Gasteiger partial charge on any atom is 0.222 e. The molecule has 3 fully saturated rings. The van der Waals surface area contributed by atoms with Gasteiger partial charge in [-0.15, -0.1) is 0 Å². The van der Waals surface area contributed by atoms with E-state index in [-0.39, 0.29) is 0 Å². The quantitative estimate of drug-likeness (QED) is 0.767. The second-order valence-electron chi connectivity index (χ2n) is 6.41. The van der Waals surface area contributed by atoms with E-state index in [0.29, 0.717) is 24.4 Å². The van der Waals surface area contributed by atoms with Crippen molar-refractivity contribution in [1.29, 1.82) is 0 Å². The molecule has 102 valence electrons. The van der Waals surface area contributed by atoms with Crippen LogP contribution in [-0.2, 0) is 4.79 Å². The van der Waals surface area contributed by atoms with Crippen molar-refractivity contribution in [2.75, 3.05) is 19.6 Å². The summed E-state index contributed by atoms with van der Waals surface area (Å²) in [6.45, 7) is 5.56. The van der Waals surface area contributed by atoms with Crippen LogP contribution in [0.4, 0.5) is 0 Å². The van der Waals surface area contributed by atoms with Crippen molar-refractivity contribution < 1.29 is 4.79 Å². The zero-order valence-corrected chi connectivity index (χ0v) is 11.6. The monoisotopic (exact) mass is 250 g/mol. The molecule has 0 aromatic carbocycles. The first-order chi connectivity index (χ1) is 8.78. The van der Waals surface area contributed by atoms with Crippen molar-refractivity contribution in [2.24, 2.45) is 5.92 Å². The predicted octanol–water partition coefficient (Wildman–Crippen LogP) is 2.26. The van der Waals surface area contributed by atoms with Gasteiger partial charge in [-0.1, -0.05) is 19.8 Å². The first-order valence-corrected chi connectivity index (χ1v) is 7.81. The van der Waals surface area contributed by atoms with E-state index >= 15 is 0 Å². The van der Waals surface area contributed by atoms with Gasteiger partial charge in [0.2, 0.25) is 5.91 Å². The SMILES string of the molecule is CCC(=O)N1C2CCC1CN(CC1CCCC1)C2. The fourth-order valence-corrected chi connectivity index (χ4v) is 4.29.